The molecule has 0 aliphatic heterocycles. The van der Waals surface area contributed by atoms with Gasteiger partial charge in [0.05, 0.1) is 17.5 Å². The van der Waals surface area contributed by atoms with Crippen LogP contribution in [0.3, 0.4) is 0 Å². The van der Waals surface area contributed by atoms with Crippen LogP contribution in [0.2, 0.25) is 0 Å². The van der Waals surface area contributed by atoms with Gasteiger partial charge in [-0.1, -0.05) is 12.1 Å². The lowest BCUT2D eigenvalue weighted by molar-refractivity contribution is 0.102. The van der Waals surface area contributed by atoms with Crippen LogP contribution in [-0.2, 0) is 0 Å². The number of hydrogen-bond acceptors (Lipinski definition) is 3. The van der Waals surface area contributed by atoms with Crippen molar-refractivity contribution in [1.29, 1.82) is 0 Å². The van der Waals surface area contributed by atoms with E-state index in [9.17, 15) is 9.18 Å². The van der Waals surface area contributed by atoms with Crippen molar-refractivity contribution in [2.24, 2.45) is 0 Å². The lowest BCUT2D eigenvalue weighted by Crippen LogP contribution is -2.13. The molecule has 0 spiro atoms. The second kappa shape index (κ2) is 5.54. The fourth-order valence-electron chi connectivity index (χ4n) is 1.94. The zero-order valence-electron chi connectivity index (χ0n) is 10.9. The zero-order chi connectivity index (χ0) is 14.7. The Morgan fingerprint density at radius 1 is 1.19 bits per heavy atom. The molecule has 6 heteroatoms. The van der Waals surface area contributed by atoms with E-state index in [-0.39, 0.29) is 5.56 Å². The first kappa shape index (κ1) is 13.0. The highest BCUT2D eigenvalue weighted by Crippen LogP contribution is 2.21. The summed E-state index contributed by atoms with van der Waals surface area (Å²) in [7, 11) is 0. The molecule has 0 fully saturated rings. The van der Waals surface area contributed by atoms with Crippen LogP contribution in [0.15, 0.2) is 55.0 Å². The van der Waals surface area contributed by atoms with E-state index in [0.717, 1.165) is 17.5 Å². The maximum atomic E-state index is 13.5. The first-order chi connectivity index (χ1) is 10.2. The molecule has 0 bridgehead atoms. The molecule has 2 aromatic heterocycles. The minimum absolute atomic E-state index is 0.0445. The number of aromatic amines is 1. The second-order valence-electron chi connectivity index (χ2n) is 4.36. The molecule has 1 amide bonds. The van der Waals surface area contributed by atoms with E-state index >= 15 is 0 Å². The summed E-state index contributed by atoms with van der Waals surface area (Å²) in [5.41, 5.74) is 2.24. The monoisotopic (exact) mass is 282 g/mol. The lowest BCUT2D eigenvalue weighted by atomic mass is 10.1. The first-order valence-corrected chi connectivity index (χ1v) is 6.25. The van der Waals surface area contributed by atoms with Gasteiger partial charge in [-0.3, -0.25) is 14.9 Å². The molecule has 2 N–H and O–H groups in total. The molecule has 0 aliphatic carbocycles. The average Bonchev–Trinajstić information content (AvgIpc) is 3.02. The third-order valence-electron chi connectivity index (χ3n) is 2.95. The molecule has 1 aromatic carbocycles. The quantitative estimate of drug-likeness (QED) is 0.776. The predicted molar refractivity (Wildman–Crippen MR) is 76.2 cm³/mol. The molecule has 0 unspecified atom stereocenters. The Kier molecular flexibility index (Phi) is 3.42. The summed E-state index contributed by atoms with van der Waals surface area (Å²) in [5, 5.41) is 9.38. The number of aromatic nitrogens is 3. The molecule has 5 nitrogen and oxygen atoms in total. The van der Waals surface area contributed by atoms with Crippen molar-refractivity contribution in [3.63, 3.8) is 0 Å². The number of H-pyrrole nitrogens is 1. The van der Waals surface area contributed by atoms with Gasteiger partial charge in [0.2, 0.25) is 0 Å². The summed E-state index contributed by atoms with van der Waals surface area (Å²) in [6.07, 6.45) is 4.03. The van der Waals surface area contributed by atoms with Gasteiger partial charge < -0.3 is 5.32 Å². The van der Waals surface area contributed by atoms with Gasteiger partial charge in [-0.2, -0.15) is 5.10 Å². The topological polar surface area (TPSA) is 70.7 Å². The highest BCUT2D eigenvalue weighted by molar-refractivity contribution is 6.04. The second-order valence-corrected chi connectivity index (χ2v) is 4.36. The minimum atomic E-state index is -0.653. The molecule has 104 valence electrons. The van der Waals surface area contributed by atoms with Gasteiger partial charge in [0.15, 0.2) is 5.82 Å². The molecule has 0 saturated heterocycles. The van der Waals surface area contributed by atoms with Crippen molar-refractivity contribution in [1.82, 2.24) is 15.2 Å². The molecular weight excluding hydrogens is 271 g/mol. The SMILES string of the molecule is O=C(Nc1cccc(-c2ccn[nH]2)c1)c1ccncc1F. The van der Waals surface area contributed by atoms with E-state index in [4.69, 9.17) is 0 Å². The van der Waals surface area contributed by atoms with Crippen LogP contribution in [0.5, 0.6) is 0 Å². The summed E-state index contributed by atoms with van der Waals surface area (Å²) in [6, 6.07) is 10.4. The van der Waals surface area contributed by atoms with Crippen molar-refractivity contribution in [2.45, 2.75) is 0 Å². The van der Waals surface area contributed by atoms with Crippen LogP contribution in [0.1, 0.15) is 10.4 Å². The standard InChI is InChI=1S/C15H11FN4O/c16-13-9-17-6-4-12(13)15(21)19-11-3-1-2-10(8-11)14-5-7-18-20-14/h1-9H,(H,18,20)(H,19,21). The number of carbonyl (C=O) groups excluding carboxylic acids is 1. The number of pyridine rings is 1. The third-order valence-corrected chi connectivity index (χ3v) is 2.95. The number of anilines is 1. The normalized spacial score (nSPS) is 10.3. The number of benzene rings is 1. The predicted octanol–water partition coefficient (Wildman–Crippen LogP) is 2.86. The smallest absolute Gasteiger partial charge is 0.258 e. The van der Waals surface area contributed by atoms with Crippen LogP contribution in [-0.4, -0.2) is 21.1 Å². The highest BCUT2D eigenvalue weighted by Gasteiger charge is 2.11. The summed E-state index contributed by atoms with van der Waals surface area (Å²) >= 11 is 0. The van der Waals surface area contributed by atoms with E-state index in [1.54, 1.807) is 24.4 Å². The van der Waals surface area contributed by atoms with Crippen LogP contribution in [0, 0.1) is 5.82 Å². The molecule has 3 rings (SSSR count). The van der Waals surface area contributed by atoms with Crippen molar-refractivity contribution in [2.75, 3.05) is 5.32 Å². The Bertz CT molecular complexity index is 771. The van der Waals surface area contributed by atoms with E-state index in [1.165, 1.54) is 12.3 Å². The summed E-state index contributed by atoms with van der Waals surface area (Å²) in [4.78, 5) is 15.6. The van der Waals surface area contributed by atoms with Gasteiger partial charge in [0.1, 0.15) is 0 Å². The van der Waals surface area contributed by atoms with Gasteiger partial charge in [0, 0.05) is 23.6 Å². The van der Waals surface area contributed by atoms with Crippen LogP contribution in [0.4, 0.5) is 10.1 Å². The van der Waals surface area contributed by atoms with E-state index < -0.39 is 11.7 Å². The largest absolute Gasteiger partial charge is 0.322 e. The molecule has 0 aliphatic rings. The highest BCUT2D eigenvalue weighted by atomic mass is 19.1. The number of rotatable bonds is 3. The van der Waals surface area contributed by atoms with Gasteiger partial charge in [-0.25, -0.2) is 4.39 Å². The number of carbonyl (C=O) groups is 1. The molecule has 3 aromatic rings. The van der Waals surface area contributed by atoms with Gasteiger partial charge >= 0.3 is 0 Å². The molecule has 0 radical (unpaired) electrons. The maximum absolute atomic E-state index is 13.5. The fourth-order valence-corrected chi connectivity index (χ4v) is 1.94. The maximum Gasteiger partial charge on any atom is 0.258 e. The Morgan fingerprint density at radius 2 is 2.10 bits per heavy atom. The van der Waals surface area contributed by atoms with Gasteiger partial charge in [0.25, 0.3) is 5.91 Å². The van der Waals surface area contributed by atoms with Crippen molar-refractivity contribution < 1.29 is 9.18 Å². The van der Waals surface area contributed by atoms with Crippen LogP contribution >= 0.6 is 0 Å². The molecular formula is C15H11FN4O. The zero-order valence-corrected chi connectivity index (χ0v) is 10.9. The number of halogens is 1. The molecule has 0 atom stereocenters. The van der Waals surface area contributed by atoms with E-state index in [2.05, 4.69) is 20.5 Å². The number of nitrogens with zero attached hydrogens (tertiary/aromatic N) is 2. The summed E-state index contributed by atoms with van der Waals surface area (Å²) in [5.74, 6) is -1.17. The van der Waals surface area contributed by atoms with E-state index in [0.29, 0.717) is 5.69 Å². The Morgan fingerprint density at radius 3 is 2.86 bits per heavy atom. The lowest BCUT2D eigenvalue weighted by Gasteiger charge is -2.07. The number of hydrogen-bond donors (Lipinski definition) is 2. The van der Waals surface area contributed by atoms with Gasteiger partial charge in [-0.15, -0.1) is 0 Å². The van der Waals surface area contributed by atoms with Gasteiger partial charge in [-0.05, 0) is 24.3 Å². The fraction of sp³-hybridized carbons (Fsp3) is 0. The first-order valence-electron chi connectivity index (χ1n) is 6.25. The minimum Gasteiger partial charge on any atom is -0.322 e. The third kappa shape index (κ3) is 2.79. The Balaban J connectivity index is 1.84. The van der Waals surface area contributed by atoms with Crippen molar-refractivity contribution in [3.05, 3.63) is 66.4 Å². The van der Waals surface area contributed by atoms with E-state index in [1.807, 2.05) is 12.1 Å². The molecule has 2 heterocycles. The van der Waals surface area contributed by atoms with Crippen molar-refractivity contribution >= 4 is 11.6 Å². The number of nitrogens with one attached hydrogen (secondary N) is 2. The summed E-state index contributed by atoms with van der Waals surface area (Å²) < 4.78 is 13.5. The van der Waals surface area contributed by atoms with Crippen LogP contribution < -0.4 is 5.32 Å². The Hall–Kier alpha value is -3.02. The Labute approximate surface area is 119 Å². The summed E-state index contributed by atoms with van der Waals surface area (Å²) in [6.45, 7) is 0. The molecule has 21 heavy (non-hydrogen) atoms. The van der Waals surface area contributed by atoms with Crippen molar-refractivity contribution in [3.8, 4) is 11.3 Å². The average molecular weight is 282 g/mol. The van der Waals surface area contributed by atoms with Crippen LogP contribution in [0.25, 0.3) is 11.3 Å². The number of amides is 1. The molecule has 0 saturated carbocycles.